The van der Waals surface area contributed by atoms with Gasteiger partial charge in [-0.25, -0.2) is 18.0 Å². The highest BCUT2D eigenvalue weighted by molar-refractivity contribution is 5.86. The Bertz CT molecular complexity index is 1200. The molecule has 2 atom stereocenters. The number of likely N-dealkylation sites (tertiary alicyclic amines) is 1. The third kappa shape index (κ3) is 8.04. The lowest BCUT2D eigenvalue weighted by Crippen LogP contribution is -2.49. The van der Waals surface area contributed by atoms with E-state index in [1.807, 2.05) is 19.2 Å². The number of alkyl halides is 2. The first-order valence-electron chi connectivity index (χ1n) is 14.1. The van der Waals surface area contributed by atoms with E-state index in [-0.39, 0.29) is 24.4 Å². The number of nitrogens with zero attached hydrogens (tertiary/aromatic N) is 4. The van der Waals surface area contributed by atoms with Crippen LogP contribution in [-0.4, -0.2) is 76.9 Å². The fourth-order valence-corrected chi connectivity index (χ4v) is 5.34. The Labute approximate surface area is 237 Å². The number of nitrogens with one attached hydrogen (secondary N) is 1. The minimum absolute atomic E-state index is 0.0808. The molecular formula is C28H38F3N5O5. The number of benzene rings is 1. The van der Waals surface area contributed by atoms with E-state index in [9.17, 15) is 22.8 Å². The second kappa shape index (κ2) is 13.0. The van der Waals surface area contributed by atoms with Crippen molar-refractivity contribution in [3.05, 3.63) is 35.4 Å². The molecule has 2 saturated heterocycles. The number of hydrogen-bond acceptors (Lipinski definition) is 7. The Kier molecular flexibility index (Phi) is 9.64. The molecule has 1 aromatic heterocycles. The fourth-order valence-electron chi connectivity index (χ4n) is 5.34. The van der Waals surface area contributed by atoms with Crippen molar-refractivity contribution in [2.45, 2.75) is 70.8 Å². The van der Waals surface area contributed by atoms with E-state index in [1.165, 1.54) is 12.1 Å². The summed E-state index contributed by atoms with van der Waals surface area (Å²) in [4.78, 5) is 31.4. The predicted molar refractivity (Wildman–Crippen MR) is 144 cm³/mol. The third-order valence-corrected chi connectivity index (χ3v) is 7.93. The first-order chi connectivity index (χ1) is 19.4. The summed E-state index contributed by atoms with van der Waals surface area (Å²) in [6.45, 7) is 7.32. The Balaban J connectivity index is 1.25. The maximum Gasteiger partial charge on any atom is 0.405 e. The second-order valence-electron chi connectivity index (χ2n) is 11.4. The van der Waals surface area contributed by atoms with Gasteiger partial charge in [0.2, 0.25) is 5.91 Å². The number of aromatic nitrogens is 2. The molecule has 0 aliphatic carbocycles. The molecule has 41 heavy (non-hydrogen) atoms. The van der Waals surface area contributed by atoms with Gasteiger partial charge in [-0.3, -0.25) is 4.79 Å². The van der Waals surface area contributed by atoms with Crippen molar-refractivity contribution in [1.29, 1.82) is 0 Å². The van der Waals surface area contributed by atoms with Gasteiger partial charge in [0.25, 0.3) is 5.92 Å². The summed E-state index contributed by atoms with van der Waals surface area (Å²) >= 11 is 0. The Morgan fingerprint density at radius 2 is 1.95 bits per heavy atom. The highest BCUT2D eigenvalue weighted by atomic mass is 19.3. The molecule has 2 aliphatic rings. The molecule has 3 heterocycles. The smallest absolute Gasteiger partial charge is 0.405 e. The third-order valence-electron chi connectivity index (χ3n) is 7.93. The molecule has 0 spiro atoms. The number of piperidine rings is 1. The Hall–Kier alpha value is -3.51. The van der Waals surface area contributed by atoms with Gasteiger partial charge in [-0.15, -0.1) is 0 Å². The van der Waals surface area contributed by atoms with Crippen LogP contribution in [0.15, 0.2) is 22.7 Å². The molecule has 2 aliphatic heterocycles. The molecule has 10 nitrogen and oxygen atoms in total. The molecule has 2 N–H and O–H groups in total. The number of carbonyl (C=O) groups is 2. The van der Waals surface area contributed by atoms with Gasteiger partial charge in [-0.1, -0.05) is 32.0 Å². The first kappa shape index (κ1) is 30.4. The molecule has 4 rings (SSSR count). The summed E-state index contributed by atoms with van der Waals surface area (Å²) in [5, 5.41) is 15.2. The van der Waals surface area contributed by atoms with Gasteiger partial charge in [-0.2, -0.15) is 4.98 Å². The van der Waals surface area contributed by atoms with E-state index >= 15 is 0 Å². The summed E-state index contributed by atoms with van der Waals surface area (Å²) in [7, 11) is 0. The molecule has 0 saturated carbocycles. The van der Waals surface area contributed by atoms with E-state index in [0.29, 0.717) is 36.0 Å². The normalized spacial score (nSPS) is 18.9. The summed E-state index contributed by atoms with van der Waals surface area (Å²) in [5.74, 6) is -2.35. The lowest BCUT2D eigenvalue weighted by atomic mass is 9.84. The molecule has 0 radical (unpaired) electrons. The van der Waals surface area contributed by atoms with Gasteiger partial charge >= 0.3 is 12.1 Å². The van der Waals surface area contributed by atoms with Gasteiger partial charge in [-0.05, 0) is 42.7 Å². The monoisotopic (exact) mass is 581 g/mol. The molecule has 2 amide bonds. The van der Waals surface area contributed by atoms with Crippen LogP contribution in [0.5, 0.6) is 5.75 Å². The van der Waals surface area contributed by atoms with Crippen LogP contribution in [-0.2, 0) is 11.2 Å². The highest BCUT2D eigenvalue weighted by Crippen LogP contribution is 2.30. The van der Waals surface area contributed by atoms with Crippen molar-refractivity contribution in [2.24, 2.45) is 11.8 Å². The zero-order valence-corrected chi connectivity index (χ0v) is 23.6. The van der Waals surface area contributed by atoms with Crippen molar-refractivity contribution in [3.8, 4) is 5.75 Å². The molecule has 0 bridgehead atoms. The van der Waals surface area contributed by atoms with E-state index in [1.54, 1.807) is 6.07 Å². The second-order valence-corrected chi connectivity index (χ2v) is 11.4. The average molecular weight is 582 g/mol. The minimum Gasteiger partial charge on any atom is -0.493 e. The molecule has 2 fully saturated rings. The van der Waals surface area contributed by atoms with Gasteiger partial charge in [0.1, 0.15) is 17.6 Å². The van der Waals surface area contributed by atoms with Crippen molar-refractivity contribution >= 4 is 18.0 Å². The predicted octanol–water partition coefficient (Wildman–Crippen LogP) is 4.70. The van der Waals surface area contributed by atoms with Gasteiger partial charge in [0.15, 0.2) is 5.82 Å². The fraction of sp³-hybridized carbons (Fsp3) is 0.643. The van der Waals surface area contributed by atoms with Gasteiger partial charge < -0.3 is 29.5 Å². The zero-order valence-electron chi connectivity index (χ0n) is 23.6. The van der Waals surface area contributed by atoms with Crippen molar-refractivity contribution in [2.75, 3.05) is 37.7 Å². The Morgan fingerprint density at radius 3 is 2.54 bits per heavy atom. The number of carbonyl (C=O) groups excluding carboxylic acids is 1. The maximum absolute atomic E-state index is 14.9. The van der Waals surface area contributed by atoms with Crippen LogP contribution in [0.3, 0.4) is 0 Å². The number of ether oxygens (including phenoxy) is 1. The Morgan fingerprint density at radius 1 is 1.22 bits per heavy atom. The number of amides is 2. The van der Waals surface area contributed by atoms with E-state index in [4.69, 9.17) is 14.4 Å². The molecule has 226 valence electrons. The van der Waals surface area contributed by atoms with Crippen LogP contribution in [0.4, 0.5) is 24.0 Å². The van der Waals surface area contributed by atoms with E-state index in [2.05, 4.69) is 22.0 Å². The van der Waals surface area contributed by atoms with Crippen molar-refractivity contribution in [3.63, 3.8) is 0 Å². The number of anilines is 1. The van der Waals surface area contributed by atoms with Gasteiger partial charge in [0.05, 0.1) is 13.2 Å². The van der Waals surface area contributed by atoms with Crippen LogP contribution in [0.1, 0.15) is 63.8 Å². The van der Waals surface area contributed by atoms with E-state index in [0.717, 1.165) is 37.3 Å². The highest BCUT2D eigenvalue weighted by Gasteiger charge is 2.42. The molecule has 0 unspecified atom stereocenters. The lowest BCUT2D eigenvalue weighted by Gasteiger charge is -2.33. The standard InChI is InChI=1S/C28H38F3N5O5/c1-17(2)24-33-26(41-34-24)35-10-6-19(7-11-35)18(3)8-13-40-21-5-4-20(22(29)15-21)14-23(32-27(38)39)25(37)36-12-9-28(30,31)16-36/h4-5,15,17-19,23,32H,6-14,16H2,1-3H3,(H,38,39)/t18-,23+/m1/s1. The quantitative estimate of drug-likeness (QED) is 0.392. The molecular weight excluding hydrogens is 543 g/mol. The van der Waals surface area contributed by atoms with Crippen LogP contribution < -0.4 is 15.0 Å². The topological polar surface area (TPSA) is 121 Å². The minimum atomic E-state index is -3.02. The molecule has 2 aromatic rings. The summed E-state index contributed by atoms with van der Waals surface area (Å²) in [5.41, 5.74) is 0.0808. The van der Waals surface area contributed by atoms with Crippen LogP contribution in [0.2, 0.25) is 0 Å². The summed E-state index contributed by atoms with van der Waals surface area (Å²) in [6.07, 6.45) is 0.468. The van der Waals surface area contributed by atoms with Crippen molar-refractivity contribution < 1.29 is 37.1 Å². The van der Waals surface area contributed by atoms with Crippen LogP contribution in [0, 0.1) is 17.7 Å². The first-order valence-corrected chi connectivity index (χ1v) is 14.1. The molecule has 1 aromatic carbocycles. The maximum atomic E-state index is 14.9. The van der Waals surface area contributed by atoms with Crippen molar-refractivity contribution in [1.82, 2.24) is 20.4 Å². The number of rotatable bonds is 11. The van der Waals surface area contributed by atoms with Crippen LogP contribution in [0.25, 0.3) is 0 Å². The average Bonchev–Trinajstić information content (AvgIpc) is 3.56. The number of hydrogen-bond donors (Lipinski definition) is 2. The zero-order chi connectivity index (χ0) is 29.7. The molecule has 13 heteroatoms. The largest absolute Gasteiger partial charge is 0.493 e. The number of halogens is 3. The SMILES string of the molecule is CC(C)c1noc(N2CCC([C@H](C)CCOc3ccc(C[C@H](NC(=O)O)C(=O)N4CCC(F)(F)C4)c(F)c3)CC2)n1. The van der Waals surface area contributed by atoms with Gasteiger partial charge in [0, 0.05) is 44.5 Å². The van der Waals surface area contributed by atoms with Crippen LogP contribution >= 0.6 is 0 Å². The number of carboxylic acid groups (broad SMARTS) is 1. The summed E-state index contributed by atoms with van der Waals surface area (Å²) < 4.78 is 53.2. The lowest BCUT2D eigenvalue weighted by molar-refractivity contribution is -0.133. The van der Waals surface area contributed by atoms with E-state index < -0.39 is 42.7 Å². The summed E-state index contributed by atoms with van der Waals surface area (Å²) in [6, 6.07) is 3.37.